The van der Waals surface area contributed by atoms with E-state index in [1.807, 2.05) is 20.2 Å². The lowest BCUT2D eigenvalue weighted by molar-refractivity contribution is 0.0986. The molecule has 0 bridgehead atoms. The van der Waals surface area contributed by atoms with Crippen molar-refractivity contribution < 1.29 is 22.7 Å². The van der Waals surface area contributed by atoms with Crippen molar-refractivity contribution in [3.8, 4) is 11.5 Å². The number of hydrogen-bond donors (Lipinski definition) is 0. The summed E-state index contributed by atoms with van der Waals surface area (Å²) in [6.45, 7) is 6.43. The first-order chi connectivity index (χ1) is 18.5. The maximum atomic E-state index is 13.8. The van der Waals surface area contributed by atoms with Gasteiger partial charge in [0, 0.05) is 25.2 Å². The van der Waals surface area contributed by atoms with Gasteiger partial charge in [0.1, 0.15) is 21.7 Å². The van der Waals surface area contributed by atoms with E-state index in [9.17, 15) is 13.2 Å². The summed E-state index contributed by atoms with van der Waals surface area (Å²) in [5.74, 6) is 1.64. The minimum absolute atomic E-state index is 0. The normalized spacial score (nSPS) is 18.0. The maximum Gasteiger partial charge on any atom is 0.260 e. The number of methoxy groups -OCH3 is 2. The number of anilines is 1. The second-order valence-electron chi connectivity index (χ2n) is 10.6. The highest BCUT2D eigenvalue weighted by Crippen LogP contribution is 2.40. The Hall–Kier alpha value is -2.44. The van der Waals surface area contributed by atoms with Crippen LogP contribution in [0, 0.1) is 11.8 Å². The minimum Gasteiger partial charge on any atom is -0.495 e. The molecule has 0 radical (unpaired) electrons. The molecule has 0 N–H and O–H groups in total. The van der Waals surface area contributed by atoms with Crippen LogP contribution >= 0.6 is 23.7 Å². The molecule has 2 atom stereocenters. The zero-order chi connectivity index (χ0) is 28.3. The summed E-state index contributed by atoms with van der Waals surface area (Å²) < 4.78 is 40.1. The van der Waals surface area contributed by atoms with Crippen LogP contribution in [0.3, 0.4) is 0 Å². The molecule has 40 heavy (non-hydrogen) atoms. The summed E-state index contributed by atoms with van der Waals surface area (Å²) >= 11 is 1.37. The molecule has 3 aromatic rings. The van der Waals surface area contributed by atoms with Gasteiger partial charge < -0.3 is 14.4 Å². The fourth-order valence-electron chi connectivity index (χ4n) is 5.10. The molecule has 1 amide bonds. The Balaban J connectivity index is 0.00000441. The molecule has 4 rings (SSSR count). The van der Waals surface area contributed by atoms with E-state index in [0.29, 0.717) is 59.2 Å². The fourth-order valence-corrected chi connectivity index (χ4v) is 7.87. The van der Waals surface area contributed by atoms with Crippen molar-refractivity contribution in [1.29, 1.82) is 0 Å². The highest BCUT2D eigenvalue weighted by molar-refractivity contribution is 7.89. The van der Waals surface area contributed by atoms with E-state index in [0.717, 1.165) is 24.1 Å². The number of carbonyl (C=O) groups is 1. The first-order valence-electron chi connectivity index (χ1n) is 13.1. The number of hydrogen-bond acceptors (Lipinski definition) is 8. The van der Waals surface area contributed by atoms with Crippen molar-refractivity contribution >= 4 is 55.0 Å². The molecule has 0 aliphatic carbocycles. The summed E-state index contributed by atoms with van der Waals surface area (Å²) in [5, 5.41) is 0.532. The fraction of sp³-hybridized carbons (Fsp3) is 0.500. The molecule has 1 aliphatic heterocycles. The smallest absolute Gasteiger partial charge is 0.260 e. The molecule has 9 nitrogen and oxygen atoms in total. The Kier molecular flexibility index (Phi) is 10.8. The molecule has 12 heteroatoms. The second-order valence-corrected chi connectivity index (χ2v) is 13.5. The van der Waals surface area contributed by atoms with Crippen LogP contribution in [0.15, 0.2) is 41.3 Å². The second kappa shape index (κ2) is 13.5. The molecular weight excluding hydrogens is 572 g/mol. The number of carbonyl (C=O) groups excluding carboxylic acids is 1. The first kappa shape index (κ1) is 32.1. The Bertz CT molecular complexity index is 1360. The van der Waals surface area contributed by atoms with E-state index in [2.05, 4.69) is 18.7 Å². The Morgan fingerprint density at radius 2 is 1.60 bits per heavy atom. The van der Waals surface area contributed by atoms with Gasteiger partial charge in [-0.3, -0.25) is 9.69 Å². The standard InChI is InChI=1S/C28H38N4O5S2.ClH/c1-19-16-20(2)18-31(17-19)39(34,35)22-10-8-21(9-11-22)27(33)32(15-7-14-30(3)4)28-29-25-23(36-5)12-13-24(37-6)26(25)38-28;/h8-13,19-20H,7,14-18H2,1-6H3;1H. The van der Waals surface area contributed by atoms with Gasteiger partial charge in [0.15, 0.2) is 5.13 Å². The number of sulfonamides is 1. The topological polar surface area (TPSA) is 92.3 Å². The predicted octanol–water partition coefficient (Wildman–Crippen LogP) is 5.00. The average molecular weight is 611 g/mol. The number of thiazole rings is 1. The van der Waals surface area contributed by atoms with Crippen molar-refractivity contribution in [3.05, 3.63) is 42.0 Å². The van der Waals surface area contributed by atoms with Gasteiger partial charge in [-0.2, -0.15) is 4.31 Å². The molecule has 0 saturated carbocycles. The van der Waals surface area contributed by atoms with Crippen molar-refractivity contribution in [2.24, 2.45) is 11.8 Å². The van der Waals surface area contributed by atoms with E-state index in [4.69, 9.17) is 14.5 Å². The van der Waals surface area contributed by atoms with E-state index in [1.165, 1.54) is 23.5 Å². The molecule has 1 aromatic heterocycles. The van der Waals surface area contributed by atoms with Gasteiger partial charge in [-0.1, -0.05) is 25.2 Å². The van der Waals surface area contributed by atoms with E-state index >= 15 is 0 Å². The number of rotatable bonds is 10. The number of ether oxygens (including phenoxy) is 2. The van der Waals surface area contributed by atoms with Gasteiger partial charge >= 0.3 is 0 Å². The SMILES string of the molecule is COc1ccc(OC)c2sc(N(CCCN(C)C)C(=O)c3ccc(S(=O)(=O)N4CC(C)CC(C)C4)cc3)nc12.Cl. The number of amides is 1. The molecule has 2 aromatic carbocycles. The van der Waals surface area contributed by atoms with Crippen LogP contribution < -0.4 is 14.4 Å². The highest BCUT2D eigenvalue weighted by atomic mass is 35.5. The molecular formula is C28H39ClN4O5S2. The van der Waals surface area contributed by atoms with Crippen LogP contribution in [-0.4, -0.2) is 83.0 Å². The number of nitrogens with zero attached hydrogens (tertiary/aromatic N) is 4. The molecule has 220 valence electrons. The van der Waals surface area contributed by atoms with Crippen LogP contribution in [0.1, 0.15) is 37.0 Å². The van der Waals surface area contributed by atoms with Gasteiger partial charge in [-0.05, 0) is 81.7 Å². The number of fused-ring (bicyclic) bond motifs is 1. The zero-order valence-corrected chi connectivity index (χ0v) is 26.4. The Morgan fingerprint density at radius 3 is 2.17 bits per heavy atom. The van der Waals surface area contributed by atoms with Crippen LogP contribution in [0.25, 0.3) is 10.2 Å². The number of halogens is 1. The van der Waals surface area contributed by atoms with Crippen molar-refractivity contribution in [1.82, 2.24) is 14.2 Å². The Morgan fingerprint density at radius 1 is 1.00 bits per heavy atom. The van der Waals surface area contributed by atoms with E-state index in [-0.39, 0.29) is 23.2 Å². The lowest BCUT2D eigenvalue weighted by Gasteiger charge is -2.34. The summed E-state index contributed by atoms with van der Waals surface area (Å²) in [6.07, 6.45) is 1.76. The lowest BCUT2D eigenvalue weighted by atomic mass is 9.94. The quantitative estimate of drug-likeness (QED) is 0.319. The number of benzene rings is 2. The van der Waals surface area contributed by atoms with E-state index in [1.54, 1.807) is 41.6 Å². The molecule has 1 aliphatic rings. The maximum absolute atomic E-state index is 13.8. The summed E-state index contributed by atoms with van der Waals surface area (Å²) in [5.41, 5.74) is 1.03. The van der Waals surface area contributed by atoms with Crippen LogP contribution in [-0.2, 0) is 10.0 Å². The van der Waals surface area contributed by atoms with Gasteiger partial charge in [-0.15, -0.1) is 12.4 Å². The van der Waals surface area contributed by atoms with Crippen LogP contribution in [0.4, 0.5) is 5.13 Å². The summed E-state index contributed by atoms with van der Waals surface area (Å²) in [4.78, 5) is 22.5. The third-order valence-electron chi connectivity index (χ3n) is 6.94. The van der Waals surface area contributed by atoms with Gasteiger partial charge in [-0.25, -0.2) is 13.4 Å². The minimum atomic E-state index is -3.63. The first-order valence-corrected chi connectivity index (χ1v) is 15.4. The third kappa shape index (κ3) is 6.88. The van der Waals surface area contributed by atoms with Gasteiger partial charge in [0.2, 0.25) is 10.0 Å². The predicted molar refractivity (Wildman–Crippen MR) is 163 cm³/mol. The van der Waals surface area contributed by atoms with Crippen molar-refractivity contribution in [3.63, 3.8) is 0 Å². The number of aromatic nitrogens is 1. The lowest BCUT2D eigenvalue weighted by Crippen LogP contribution is -2.42. The molecule has 2 unspecified atom stereocenters. The highest BCUT2D eigenvalue weighted by Gasteiger charge is 2.32. The third-order valence-corrected chi connectivity index (χ3v) is 9.88. The van der Waals surface area contributed by atoms with Crippen molar-refractivity contribution in [2.75, 3.05) is 59.4 Å². The number of piperidine rings is 1. The zero-order valence-electron chi connectivity index (χ0n) is 23.9. The summed E-state index contributed by atoms with van der Waals surface area (Å²) in [6, 6.07) is 9.89. The van der Waals surface area contributed by atoms with Crippen molar-refractivity contribution in [2.45, 2.75) is 31.6 Å². The van der Waals surface area contributed by atoms with Gasteiger partial charge in [0.25, 0.3) is 5.91 Å². The van der Waals surface area contributed by atoms with Gasteiger partial charge in [0.05, 0.1) is 19.1 Å². The summed E-state index contributed by atoms with van der Waals surface area (Å²) in [7, 11) is 3.53. The Labute approximate surface area is 247 Å². The van der Waals surface area contributed by atoms with Crippen LogP contribution in [0.5, 0.6) is 11.5 Å². The largest absolute Gasteiger partial charge is 0.495 e. The van der Waals surface area contributed by atoms with Crippen LogP contribution in [0.2, 0.25) is 0 Å². The molecule has 2 heterocycles. The monoisotopic (exact) mass is 610 g/mol. The van der Waals surface area contributed by atoms with E-state index < -0.39 is 10.0 Å². The molecule has 1 fully saturated rings. The molecule has 1 saturated heterocycles. The molecule has 0 spiro atoms. The average Bonchev–Trinajstić information content (AvgIpc) is 3.35.